The second-order valence-corrected chi connectivity index (χ2v) is 9.26. The zero-order valence-corrected chi connectivity index (χ0v) is 19.3. The summed E-state index contributed by atoms with van der Waals surface area (Å²) in [6.07, 6.45) is 1.02. The number of rotatable bonds is 5. The molecule has 0 aliphatic carbocycles. The Bertz CT molecular complexity index is 1260. The van der Waals surface area contributed by atoms with Crippen LogP contribution in [0.4, 0.5) is 11.4 Å². The van der Waals surface area contributed by atoms with Crippen LogP contribution in [0.5, 0.6) is 0 Å². The molecule has 4 aromatic rings. The summed E-state index contributed by atoms with van der Waals surface area (Å²) in [7, 11) is 0. The van der Waals surface area contributed by atoms with Gasteiger partial charge >= 0.3 is 0 Å². The van der Waals surface area contributed by atoms with Gasteiger partial charge in [0.25, 0.3) is 5.91 Å². The van der Waals surface area contributed by atoms with Gasteiger partial charge in [-0.1, -0.05) is 54.1 Å². The molecule has 0 unspecified atom stereocenters. The number of hydrogen-bond acceptors (Lipinski definition) is 4. The van der Waals surface area contributed by atoms with Gasteiger partial charge in [-0.05, 0) is 48.1 Å². The average molecular weight is 463 g/mol. The number of aromatic nitrogens is 2. The lowest BCUT2D eigenvalue weighted by Crippen LogP contribution is -2.30. The van der Waals surface area contributed by atoms with Gasteiger partial charge < -0.3 is 10.2 Å². The van der Waals surface area contributed by atoms with E-state index >= 15 is 0 Å². The van der Waals surface area contributed by atoms with Crippen LogP contribution in [-0.2, 0) is 19.5 Å². The Kier molecular flexibility index (Phi) is 5.72. The number of anilines is 2. The average Bonchev–Trinajstić information content (AvgIpc) is 3.38. The third-order valence-electron chi connectivity index (χ3n) is 5.77. The lowest BCUT2D eigenvalue weighted by atomic mass is 10.1. The Morgan fingerprint density at radius 2 is 1.91 bits per heavy atom. The molecule has 0 bridgehead atoms. The van der Waals surface area contributed by atoms with Crippen LogP contribution in [0.2, 0.25) is 5.15 Å². The summed E-state index contributed by atoms with van der Waals surface area (Å²) < 4.78 is 1.68. The molecule has 0 saturated carbocycles. The van der Waals surface area contributed by atoms with Gasteiger partial charge in [-0.25, -0.2) is 4.68 Å². The number of carbonyl (C=O) groups is 1. The molecule has 7 heteroatoms. The van der Waals surface area contributed by atoms with Crippen LogP contribution >= 0.6 is 22.9 Å². The number of aryl methyl sites for hydroxylation is 1. The molecule has 2 aromatic carbocycles. The number of fused-ring (bicyclic) bond motifs is 1. The number of hydrogen-bond donors (Lipinski definition) is 1. The molecule has 0 spiro atoms. The van der Waals surface area contributed by atoms with Gasteiger partial charge in [-0.15, -0.1) is 11.3 Å². The highest BCUT2D eigenvalue weighted by atomic mass is 35.5. The summed E-state index contributed by atoms with van der Waals surface area (Å²) in [4.78, 5) is 17.0. The molecule has 0 saturated heterocycles. The maximum Gasteiger partial charge on any atom is 0.260 e. The van der Waals surface area contributed by atoms with Crippen LogP contribution in [0.15, 0.2) is 66.0 Å². The van der Waals surface area contributed by atoms with Crippen LogP contribution in [0.25, 0.3) is 0 Å². The molecule has 0 radical (unpaired) electrons. The van der Waals surface area contributed by atoms with Crippen LogP contribution in [0, 0.1) is 6.92 Å². The van der Waals surface area contributed by atoms with Crippen molar-refractivity contribution in [1.29, 1.82) is 0 Å². The smallest absolute Gasteiger partial charge is 0.260 e. The fourth-order valence-electron chi connectivity index (χ4n) is 4.17. The van der Waals surface area contributed by atoms with Crippen molar-refractivity contribution >= 4 is 40.2 Å². The fraction of sp³-hybridized carbons (Fsp3) is 0.200. The minimum absolute atomic E-state index is 0.243. The second-order valence-electron chi connectivity index (χ2n) is 7.91. The third-order valence-corrected chi connectivity index (χ3v) is 7.18. The van der Waals surface area contributed by atoms with Gasteiger partial charge in [-0.3, -0.25) is 4.79 Å². The molecule has 0 atom stereocenters. The summed E-state index contributed by atoms with van der Waals surface area (Å²) in [5, 5.41) is 10.1. The lowest BCUT2D eigenvalue weighted by molar-refractivity contribution is 0.102. The lowest BCUT2D eigenvalue weighted by Gasteiger charge is -2.30. The predicted octanol–water partition coefficient (Wildman–Crippen LogP) is 5.77. The van der Waals surface area contributed by atoms with Crippen molar-refractivity contribution in [3.8, 4) is 0 Å². The molecular weight excluding hydrogens is 440 g/mol. The van der Waals surface area contributed by atoms with Crippen molar-refractivity contribution in [1.82, 2.24) is 9.78 Å². The molecule has 3 heterocycles. The van der Waals surface area contributed by atoms with E-state index < -0.39 is 0 Å². The number of benzene rings is 2. The van der Waals surface area contributed by atoms with E-state index in [9.17, 15) is 4.79 Å². The first-order valence-electron chi connectivity index (χ1n) is 10.6. The van der Waals surface area contributed by atoms with Crippen molar-refractivity contribution in [2.24, 2.45) is 0 Å². The molecule has 5 nitrogen and oxygen atoms in total. The minimum Gasteiger partial charge on any atom is -0.365 e. The van der Waals surface area contributed by atoms with Crippen molar-refractivity contribution in [3.05, 3.63) is 98.5 Å². The molecule has 1 amide bonds. The maximum absolute atomic E-state index is 13.2. The van der Waals surface area contributed by atoms with E-state index in [-0.39, 0.29) is 5.91 Å². The van der Waals surface area contributed by atoms with Crippen molar-refractivity contribution in [2.75, 3.05) is 16.8 Å². The fourth-order valence-corrected chi connectivity index (χ4v) is 5.38. The Labute approximate surface area is 196 Å². The number of para-hydroxylation sites is 2. The molecule has 5 rings (SSSR count). The Morgan fingerprint density at radius 3 is 2.75 bits per heavy atom. The molecule has 1 N–H and O–H groups in total. The molecule has 0 fully saturated rings. The van der Waals surface area contributed by atoms with E-state index in [0.29, 0.717) is 23.0 Å². The SMILES string of the molecule is Cc1nn(Cc2ccccc2)c(Cl)c1C(=O)Nc1ccccc1N1CCc2sccc2C1. The first-order chi connectivity index (χ1) is 15.6. The number of nitrogens with zero attached hydrogens (tertiary/aromatic N) is 3. The van der Waals surface area contributed by atoms with Crippen LogP contribution < -0.4 is 10.2 Å². The minimum atomic E-state index is -0.243. The van der Waals surface area contributed by atoms with Gasteiger partial charge in [0.2, 0.25) is 0 Å². The van der Waals surface area contributed by atoms with Gasteiger partial charge in [-0.2, -0.15) is 5.10 Å². The van der Waals surface area contributed by atoms with Gasteiger partial charge in [0.05, 0.1) is 29.2 Å². The van der Waals surface area contributed by atoms with E-state index in [1.807, 2.05) is 66.8 Å². The third kappa shape index (κ3) is 4.04. The van der Waals surface area contributed by atoms with Crippen molar-refractivity contribution < 1.29 is 4.79 Å². The van der Waals surface area contributed by atoms with E-state index in [4.69, 9.17) is 11.6 Å². The van der Waals surface area contributed by atoms with Gasteiger partial charge in [0.1, 0.15) is 5.15 Å². The topological polar surface area (TPSA) is 50.2 Å². The number of nitrogens with one attached hydrogen (secondary N) is 1. The molecule has 2 aromatic heterocycles. The highest BCUT2D eigenvalue weighted by Crippen LogP contribution is 2.33. The highest BCUT2D eigenvalue weighted by molar-refractivity contribution is 7.10. The van der Waals surface area contributed by atoms with Gasteiger partial charge in [0.15, 0.2) is 0 Å². The van der Waals surface area contributed by atoms with Crippen molar-refractivity contribution in [2.45, 2.75) is 26.4 Å². The molecule has 1 aliphatic heterocycles. The quantitative estimate of drug-likeness (QED) is 0.409. The summed E-state index contributed by atoms with van der Waals surface area (Å²) in [6, 6.07) is 20.1. The molecule has 1 aliphatic rings. The van der Waals surface area contributed by atoms with Crippen LogP contribution in [0.3, 0.4) is 0 Å². The van der Waals surface area contributed by atoms with Gasteiger partial charge in [0, 0.05) is 18.0 Å². The standard InChI is InChI=1S/C25H23ClN4OS/c1-17-23(24(26)30(28-17)15-18-7-3-2-4-8-18)25(31)27-20-9-5-6-10-21(20)29-13-11-22-19(16-29)12-14-32-22/h2-10,12,14H,11,13,15-16H2,1H3,(H,27,31). The van der Waals surface area contributed by atoms with Crippen molar-refractivity contribution in [3.63, 3.8) is 0 Å². The molecule has 162 valence electrons. The largest absolute Gasteiger partial charge is 0.365 e. The first kappa shape index (κ1) is 20.8. The Balaban J connectivity index is 1.38. The van der Waals surface area contributed by atoms with Crippen LogP contribution in [0.1, 0.15) is 32.1 Å². The Hall–Kier alpha value is -3.09. The van der Waals surface area contributed by atoms with Crippen LogP contribution in [-0.4, -0.2) is 22.2 Å². The van der Waals surface area contributed by atoms with E-state index in [1.165, 1.54) is 10.4 Å². The normalized spacial score (nSPS) is 13.1. The maximum atomic E-state index is 13.2. The van der Waals surface area contributed by atoms with E-state index in [0.717, 1.165) is 36.4 Å². The highest BCUT2D eigenvalue weighted by Gasteiger charge is 2.23. The van der Waals surface area contributed by atoms with E-state index in [2.05, 4.69) is 32.8 Å². The predicted molar refractivity (Wildman–Crippen MR) is 131 cm³/mol. The Morgan fingerprint density at radius 1 is 1.12 bits per heavy atom. The second kappa shape index (κ2) is 8.81. The monoisotopic (exact) mass is 462 g/mol. The zero-order valence-electron chi connectivity index (χ0n) is 17.7. The number of carbonyl (C=O) groups excluding carboxylic acids is 1. The number of halogens is 1. The molecular formula is C25H23ClN4OS. The summed E-state index contributed by atoms with van der Waals surface area (Å²) in [5.41, 5.74) is 5.26. The molecule has 32 heavy (non-hydrogen) atoms. The summed E-state index contributed by atoms with van der Waals surface area (Å²) >= 11 is 8.42. The van der Waals surface area contributed by atoms with E-state index in [1.54, 1.807) is 4.68 Å². The number of thiophene rings is 1. The first-order valence-corrected chi connectivity index (χ1v) is 11.8. The summed E-state index contributed by atoms with van der Waals surface area (Å²) in [5.74, 6) is -0.243. The zero-order chi connectivity index (χ0) is 22.1. The number of amides is 1. The summed E-state index contributed by atoms with van der Waals surface area (Å²) in [6.45, 7) is 4.10.